The van der Waals surface area contributed by atoms with E-state index in [1.165, 1.54) is 36.9 Å². The summed E-state index contributed by atoms with van der Waals surface area (Å²) in [6, 6.07) is 8.60. The molecular formula is C26H30N6O4S. The van der Waals surface area contributed by atoms with Gasteiger partial charge in [-0.2, -0.15) is 0 Å². The Labute approximate surface area is 219 Å². The first kappa shape index (κ1) is 26.2. The van der Waals surface area contributed by atoms with Crippen molar-refractivity contribution in [1.29, 1.82) is 0 Å². The van der Waals surface area contributed by atoms with Crippen LogP contribution in [0.15, 0.2) is 48.8 Å². The van der Waals surface area contributed by atoms with Crippen LogP contribution in [-0.4, -0.2) is 78.4 Å². The summed E-state index contributed by atoms with van der Waals surface area (Å²) in [4.78, 5) is 51.7. The number of hydrogen-bond acceptors (Lipinski definition) is 9. The molecule has 1 aliphatic rings. The third-order valence-electron chi connectivity index (χ3n) is 6.03. The molecule has 2 aromatic heterocycles. The Balaban J connectivity index is 1.51. The van der Waals surface area contributed by atoms with Crippen LogP contribution in [0, 0.1) is 0 Å². The number of aromatic nitrogens is 2. The summed E-state index contributed by atoms with van der Waals surface area (Å²) < 4.78 is 5.03. The van der Waals surface area contributed by atoms with Crippen LogP contribution in [0.2, 0.25) is 0 Å². The number of hydrogen-bond donors (Lipinski definition) is 2. The van der Waals surface area contributed by atoms with Gasteiger partial charge < -0.3 is 25.2 Å². The first-order chi connectivity index (χ1) is 17.9. The summed E-state index contributed by atoms with van der Waals surface area (Å²) >= 11 is 1.50. The summed E-state index contributed by atoms with van der Waals surface area (Å²) in [7, 11) is 5.21. The molecular weight excluding hydrogens is 492 g/mol. The Bertz CT molecular complexity index is 1310. The highest BCUT2D eigenvalue weighted by Crippen LogP contribution is 2.38. The van der Waals surface area contributed by atoms with Crippen LogP contribution in [0.3, 0.4) is 0 Å². The summed E-state index contributed by atoms with van der Waals surface area (Å²) in [6.07, 6.45) is 4.67. The van der Waals surface area contributed by atoms with Gasteiger partial charge in [0.05, 0.1) is 19.0 Å². The van der Waals surface area contributed by atoms with Crippen molar-refractivity contribution in [3.05, 3.63) is 64.8 Å². The molecule has 0 aliphatic carbocycles. The number of carbonyl (C=O) groups is 3. The molecule has 1 aliphatic heterocycles. The van der Waals surface area contributed by atoms with E-state index in [1.807, 2.05) is 49.3 Å². The predicted molar refractivity (Wildman–Crippen MR) is 142 cm³/mol. The van der Waals surface area contributed by atoms with Gasteiger partial charge >= 0.3 is 5.97 Å². The van der Waals surface area contributed by atoms with Crippen LogP contribution in [-0.2, 0) is 32.1 Å². The summed E-state index contributed by atoms with van der Waals surface area (Å²) in [5, 5.41) is 6.87. The van der Waals surface area contributed by atoms with Crippen molar-refractivity contribution in [2.45, 2.75) is 19.0 Å². The number of esters is 1. The molecule has 11 heteroatoms. The number of nitrogens with one attached hydrogen (secondary N) is 2. The van der Waals surface area contributed by atoms with Crippen molar-refractivity contribution in [1.82, 2.24) is 25.1 Å². The van der Waals surface area contributed by atoms with Crippen LogP contribution in [0.5, 0.6) is 0 Å². The maximum Gasteiger partial charge on any atom is 0.333 e. The quantitative estimate of drug-likeness (QED) is 0.324. The molecule has 3 heterocycles. The number of methoxy groups -OCH3 is 1. The number of amides is 2. The number of rotatable bonds is 9. The van der Waals surface area contributed by atoms with Crippen molar-refractivity contribution in [3.63, 3.8) is 0 Å². The van der Waals surface area contributed by atoms with Gasteiger partial charge in [0, 0.05) is 36.7 Å². The van der Waals surface area contributed by atoms with Gasteiger partial charge in [0.2, 0.25) is 11.8 Å². The molecule has 0 bridgehead atoms. The largest absolute Gasteiger partial charge is 0.467 e. The van der Waals surface area contributed by atoms with Gasteiger partial charge in [-0.3, -0.25) is 9.59 Å². The topological polar surface area (TPSA) is 117 Å². The molecule has 37 heavy (non-hydrogen) atoms. The zero-order chi connectivity index (χ0) is 26.4. The Kier molecular flexibility index (Phi) is 8.47. The summed E-state index contributed by atoms with van der Waals surface area (Å²) in [5.41, 5.74) is 1.83. The molecule has 1 atom stereocenters. The minimum absolute atomic E-state index is 0.217. The maximum atomic E-state index is 12.8. The van der Waals surface area contributed by atoms with Gasteiger partial charge in [-0.1, -0.05) is 30.3 Å². The van der Waals surface area contributed by atoms with Crippen LogP contribution in [0.25, 0.3) is 10.2 Å². The first-order valence-corrected chi connectivity index (χ1v) is 12.7. The van der Waals surface area contributed by atoms with Gasteiger partial charge in [0.25, 0.3) is 0 Å². The van der Waals surface area contributed by atoms with Crippen LogP contribution < -0.4 is 10.6 Å². The third kappa shape index (κ3) is 6.30. The van der Waals surface area contributed by atoms with E-state index in [0.29, 0.717) is 31.9 Å². The average Bonchev–Trinajstić information content (AvgIpc) is 3.28. The second-order valence-electron chi connectivity index (χ2n) is 8.85. The molecule has 194 valence electrons. The normalized spacial score (nSPS) is 14.0. The lowest BCUT2D eigenvalue weighted by Gasteiger charge is -2.26. The van der Waals surface area contributed by atoms with E-state index >= 15 is 0 Å². The lowest BCUT2D eigenvalue weighted by Crippen LogP contribution is -2.35. The van der Waals surface area contributed by atoms with Crippen LogP contribution in [0.4, 0.5) is 5.82 Å². The molecule has 0 saturated heterocycles. The second kappa shape index (κ2) is 11.9. The standard InChI is InChI=1S/C26H30N6O4S/c1-31(2)14-12-27-20(33)9-10-21(34)32-13-11-18-19(15-32)37-25-22(18)24(28-16-29-25)30-23(26(35)36-3)17-7-5-4-6-8-17/h4-10,16,23H,11-15H2,1-3H3,(H,27,33)(H,28,29,30). The highest BCUT2D eigenvalue weighted by Gasteiger charge is 2.28. The molecule has 2 N–H and O–H groups in total. The Hall–Kier alpha value is -3.83. The molecule has 0 radical (unpaired) electrons. The van der Waals surface area contributed by atoms with Gasteiger partial charge in [0.15, 0.2) is 6.04 Å². The Morgan fingerprint density at radius 2 is 1.97 bits per heavy atom. The van der Waals surface area contributed by atoms with Gasteiger partial charge in [0.1, 0.15) is 17.0 Å². The number of thiophene rings is 1. The van der Waals surface area contributed by atoms with Crippen molar-refractivity contribution < 1.29 is 19.1 Å². The minimum Gasteiger partial charge on any atom is -0.467 e. The fourth-order valence-corrected chi connectivity index (χ4v) is 5.32. The van der Waals surface area contributed by atoms with Crippen molar-refractivity contribution in [2.75, 3.05) is 46.2 Å². The average molecular weight is 523 g/mol. The summed E-state index contributed by atoms with van der Waals surface area (Å²) in [6.45, 7) is 2.15. The number of likely N-dealkylation sites (N-methyl/N-ethyl adjacent to an activating group) is 1. The molecule has 4 rings (SSSR count). The molecule has 0 saturated carbocycles. The van der Waals surface area contributed by atoms with Crippen molar-refractivity contribution >= 4 is 45.2 Å². The van der Waals surface area contributed by atoms with E-state index in [9.17, 15) is 14.4 Å². The van der Waals surface area contributed by atoms with E-state index in [4.69, 9.17) is 4.74 Å². The Morgan fingerprint density at radius 1 is 1.19 bits per heavy atom. The monoisotopic (exact) mass is 522 g/mol. The van der Waals surface area contributed by atoms with Gasteiger partial charge in [-0.15, -0.1) is 11.3 Å². The Morgan fingerprint density at radius 3 is 2.70 bits per heavy atom. The molecule has 1 unspecified atom stereocenters. The van der Waals surface area contributed by atoms with Crippen LogP contribution >= 0.6 is 11.3 Å². The number of nitrogens with zero attached hydrogens (tertiary/aromatic N) is 4. The zero-order valence-corrected chi connectivity index (χ0v) is 21.9. The van der Waals surface area contributed by atoms with Gasteiger partial charge in [-0.25, -0.2) is 14.8 Å². The fraction of sp³-hybridized carbons (Fsp3) is 0.346. The molecule has 10 nitrogen and oxygen atoms in total. The van der Waals surface area contributed by atoms with Gasteiger partial charge in [-0.05, 0) is 31.6 Å². The predicted octanol–water partition coefficient (Wildman–Crippen LogP) is 2.14. The molecule has 0 spiro atoms. The second-order valence-corrected chi connectivity index (χ2v) is 9.94. The van der Waals surface area contributed by atoms with E-state index in [-0.39, 0.29) is 11.8 Å². The fourth-order valence-electron chi connectivity index (χ4n) is 4.12. The number of fused-ring (bicyclic) bond motifs is 3. The minimum atomic E-state index is -0.726. The van der Waals surface area contributed by atoms with E-state index in [0.717, 1.165) is 32.8 Å². The molecule has 2 amide bonds. The van der Waals surface area contributed by atoms with E-state index in [1.54, 1.807) is 4.90 Å². The first-order valence-electron chi connectivity index (χ1n) is 11.9. The SMILES string of the molecule is COC(=O)C(Nc1ncnc2sc3c(c12)CCN(C(=O)C=CC(=O)NCCN(C)C)C3)c1ccccc1. The highest BCUT2D eigenvalue weighted by atomic mass is 32.1. The molecule has 1 aromatic carbocycles. The lowest BCUT2D eigenvalue weighted by molar-refractivity contribution is -0.141. The smallest absolute Gasteiger partial charge is 0.333 e. The highest BCUT2D eigenvalue weighted by molar-refractivity contribution is 7.19. The zero-order valence-electron chi connectivity index (χ0n) is 21.1. The third-order valence-corrected chi connectivity index (χ3v) is 7.16. The van der Waals surface area contributed by atoms with E-state index in [2.05, 4.69) is 20.6 Å². The molecule has 3 aromatic rings. The van der Waals surface area contributed by atoms with Crippen LogP contribution in [0.1, 0.15) is 22.0 Å². The molecule has 0 fully saturated rings. The van der Waals surface area contributed by atoms with Crippen molar-refractivity contribution in [3.8, 4) is 0 Å². The maximum absolute atomic E-state index is 12.8. The number of benzene rings is 1. The number of ether oxygens (including phenoxy) is 1. The van der Waals surface area contributed by atoms with E-state index < -0.39 is 12.0 Å². The van der Waals surface area contributed by atoms with Crippen molar-refractivity contribution in [2.24, 2.45) is 0 Å². The summed E-state index contributed by atoms with van der Waals surface area (Å²) in [5.74, 6) is -0.378. The number of carbonyl (C=O) groups excluding carboxylic acids is 3. The lowest BCUT2D eigenvalue weighted by atomic mass is 10.0. The number of anilines is 1.